The Hall–Kier alpha value is -1.89. The lowest BCUT2D eigenvalue weighted by molar-refractivity contribution is -0.129. The highest BCUT2D eigenvalue weighted by molar-refractivity contribution is 5.79. The highest BCUT2D eigenvalue weighted by Gasteiger charge is 2.35. The van der Waals surface area contributed by atoms with Gasteiger partial charge < -0.3 is 15.2 Å². The number of hydrogen-bond acceptors (Lipinski definition) is 6. The van der Waals surface area contributed by atoms with E-state index in [1.165, 1.54) is 0 Å². The van der Waals surface area contributed by atoms with Gasteiger partial charge >= 0.3 is 0 Å². The standard InChI is InChI=1S/C12H18N6O/c1-8-14-10(16-13)6-11(15-8)17-4-5-18-9(7-17)2-3-12(18)19/h6,9H,2-5,7,13H2,1H3,(H,14,15,16). The number of piperazine rings is 1. The van der Waals surface area contributed by atoms with Gasteiger partial charge in [0.1, 0.15) is 17.5 Å². The fourth-order valence-corrected chi connectivity index (χ4v) is 2.86. The van der Waals surface area contributed by atoms with Gasteiger partial charge in [0.05, 0.1) is 0 Å². The van der Waals surface area contributed by atoms with Gasteiger partial charge in [-0.1, -0.05) is 0 Å². The minimum Gasteiger partial charge on any atom is -0.353 e. The van der Waals surface area contributed by atoms with Crippen LogP contribution < -0.4 is 16.2 Å². The van der Waals surface area contributed by atoms with Gasteiger partial charge in [-0.05, 0) is 13.3 Å². The van der Waals surface area contributed by atoms with E-state index in [1.807, 2.05) is 17.9 Å². The molecule has 102 valence electrons. The van der Waals surface area contributed by atoms with Crippen molar-refractivity contribution in [3.05, 3.63) is 11.9 Å². The van der Waals surface area contributed by atoms with E-state index >= 15 is 0 Å². The number of amides is 1. The van der Waals surface area contributed by atoms with Crippen molar-refractivity contribution in [3.8, 4) is 0 Å². The highest BCUT2D eigenvalue weighted by Crippen LogP contribution is 2.26. The molecule has 3 N–H and O–H groups in total. The lowest BCUT2D eigenvalue weighted by Crippen LogP contribution is -2.51. The SMILES string of the molecule is Cc1nc(NN)cc(N2CCN3C(=O)CCC3C2)n1. The summed E-state index contributed by atoms with van der Waals surface area (Å²) < 4.78 is 0. The number of anilines is 2. The van der Waals surface area contributed by atoms with Crippen LogP contribution in [0.3, 0.4) is 0 Å². The first-order valence-electron chi connectivity index (χ1n) is 6.54. The van der Waals surface area contributed by atoms with Crippen LogP contribution in [-0.4, -0.2) is 46.5 Å². The molecule has 2 saturated heterocycles. The summed E-state index contributed by atoms with van der Waals surface area (Å²) in [5, 5.41) is 0. The maximum atomic E-state index is 11.7. The molecule has 7 heteroatoms. The number of hydrazine groups is 1. The van der Waals surface area contributed by atoms with Crippen molar-refractivity contribution in [2.75, 3.05) is 30.0 Å². The van der Waals surface area contributed by atoms with Gasteiger partial charge in [-0.3, -0.25) is 4.79 Å². The smallest absolute Gasteiger partial charge is 0.223 e. The Bertz CT molecular complexity index is 505. The summed E-state index contributed by atoms with van der Waals surface area (Å²) in [5.41, 5.74) is 2.56. The summed E-state index contributed by atoms with van der Waals surface area (Å²) in [5.74, 6) is 7.88. The minimum absolute atomic E-state index is 0.285. The van der Waals surface area contributed by atoms with E-state index in [-0.39, 0.29) is 5.91 Å². The van der Waals surface area contributed by atoms with E-state index in [0.717, 1.165) is 31.9 Å². The average molecular weight is 262 g/mol. The molecule has 1 aromatic rings. The number of rotatable bonds is 2. The molecule has 0 bridgehead atoms. The maximum Gasteiger partial charge on any atom is 0.223 e. The lowest BCUT2D eigenvalue weighted by atomic mass is 10.1. The third-order valence-corrected chi connectivity index (χ3v) is 3.79. The van der Waals surface area contributed by atoms with E-state index < -0.39 is 0 Å². The Kier molecular flexibility index (Phi) is 2.98. The van der Waals surface area contributed by atoms with Crippen LogP contribution in [0.1, 0.15) is 18.7 Å². The molecule has 1 unspecified atom stereocenters. The molecule has 0 radical (unpaired) electrons. The first kappa shape index (κ1) is 12.2. The summed E-state index contributed by atoms with van der Waals surface area (Å²) in [6, 6.07) is 2.17. The van der Waals surface area contributed by atoms with Gasteiger partial charge in [0.25, 0.3) is 0 Å². The van der Waals surface area contributed by atoms with Gasteiger partial charge in [-0.2, -0.15) is 0 Å². The first-order chi connectivity index (χ1) is 9.17. The van der Waals surface area contributed by atoms with Crippen LogP contribution in [0, 0.1) is 6.92 Å². The van der Waals surface area contributed by atoms with Crippen LogP contribution in [-0.2, 0) is 4.79 Å². The number of hydrogen-bond donors (Lipinski definition) is 2. The van der Waals surface area contributed by atoms with Crippen LogP contribution in [0.25, 0.3) is 0 Å². The van der Waals surface area contributed by atoms with Crippen LogP contribution >= 0.6 is 0 Å². The topological polar surface area (TPSA) is 87.4 Å². The second-order valence-electron chi connectivity index (χ2n) is 5.03. The van der Waals surface area contributed by atoms with E-state index in [4.69, 9.17) is 5.84 Å². The van der Waals surface area contributed by atoms with Gasteiger partial charge in [-0.25, -0.2) is 15.8 Å². The normalized spacial score (nSPS) is 22.6. The number of fused-ring (bicyclic) bond motifs is 1. The average Bonchev–Trinajstić information content (AvgIpc) is 2.79. The molecule has 0 spiro atoms. The van der Waals surface area contributed by atoms with Gasteiger partial charge in [0.15, 0.2) is 0 Å². The Labute approximate surface area is 111 Å². The predicted molar refractivity (Wildman–Crippen MR) is 71.5 cm³/mol. The third kappa shape index (κ3) is 2.21. The van der Waals surface area contributed by atoms with Crippen LogP contribution in [0.2, 0.25) is 0 Å². The number of aryl methyl sites for hydroxylation is 1. The van der Waals surface area contributed by atoms with Crippen LogP contribution in [0.5, 0.6) is 0 Å². The summed E-state index contributed by atoms with van der Waals surface area (Å²) in [4.78, 5) is 24.5. The van der Waals surface area contributed by atoms with Gasteiger partial charge in [-0.15, -0.1) is 0 Å². The van der Waals surface area contributed by atoms with Gasteiger partial charge in [0.2, 0.25) is 5.91 Å². The number of nitrogen functional groups attached to an aromatic ring is 1. The molecule has 2 aliphatic heterocycles. The van der Waals surface area contributed by atoms with E-state index in [9.17, 15) is 4.79 Å². The van der Waals surface area contributed by atoms with Gasteiger partial charge in [0, 0.05) is 38.2 Å². The number of nitrogens with zero attached hydrogens (tertiary/aromatic N) is 4. The fraction of sp³-hybridized carbons (Fsp3) is 0.583. The van der Waals surface area contributed by atoms with Crippen molar-refractivity contribution in [2.24, 2.45) is 5.84 Å². The Morgan fingerprint density at radius 1 is 1.42 bits per heavy atom. The van der Waals surface area contributed by atoms with E-state index in [1.54, 1.807) is 0 Å². The molecule has 3 rings (SSSR count). The largest absolute Gasteiger partial charge is 0.353 e. The zero-order chi connectivity index (χ0) is 13.4. The molecule has 3 heterocycles. The zero-order valence-electron chi connectivity index (χ0n) is 11.0. The molecular formula is C12H18N6O. The first-order valence-corrected chi connectivity index (χ1v) is 6.54. The molecule has 0 aromatic carbocycles. The van der Waals surface area contributed by atoms with Crippen molar-refractivity contribution >= 4 is 17.5 Å². The summed E-state index contributed by atoms with van der Waals surface area (Å²) in [6.07, 6.45) is 1.62. The quantitative estimate of drug-likeness (QED) is 0.571. The highest BCUT2D eigenvalue weighted by atomic mass is 16.2. The Morgan fingerprint density at radius 3 is 3.05 bits per heavy atom. The molecule has 1 aromatic heterocycles. The molecule has 0 saturated carbocycles. The fourth-order valence-electron chi connectivity index (χ4n) is 2.86. The summed E-state index contributed by atoms with van der Waals surface area (Å²) in [7, 11) is 0. The number of aromatic nitrogens is 2. The summed E-state index contributed by atoms with van der Waals surface area (Å²) >= 11 is 0. The molecule has 2 fully saturated rings. The predicted octanol–water partition coefficient (Wildman–Crippen LogP) is -0.118. The van der Waals surface area contributed by atoms with Crippen molar-refractivity contribution in [1.29, 1.82) is 0 Å². The summed E-state index contributed by atoms with van der Waals surface area (Å²) in [6.45, 7) is 4.27. The van der Waals surface area contributed by atoms with E-state index in [0.29, 0.717) is 24.1 Å². The van der Waals surface area contributed by atoms with Crippen LogP contribution in [0.15, 0.2) is 6.07 Å². The zero-order valence-corrected chi connectivity index (χ0v) is 11.0. The monoisotopic (exact) mass is 262 g/mol. The minimum atomic E-state index is 0.285. The molecule has 2 aliphatic rings. The number of carbonyl (C=O) groups excluding carboxylic acids is 1. The van der Waals surface area contributed by atoms with Crippen molar-refractivity contribution in [3.63, 3.8) is 0 Å². The van der Waals surface area contributed by atoms with Crippen molar-refractivity contribution in [1.82, 2.24) is 14.9 Å². The molecule has 1 atom stereocenters. The molecule has 0 aliphatic carbocycles. The van der Waals surface area contributed by atoms with Crippen molar-refractivity contribution in [2.45, 2.75) is 25.8 Å². The number of nitrogens with one attached hydrogen (secondary N) is 1. The molecular weight excluding hydrogens is 244 g/mol. The molecule has 7 nitrogen and oxygen atoms in total. The Balaban J connectivity index is 1.80. The van der Waals surface area contributed by atoms with Crippen LogP contribution in [0.4, 0.5) is 11.6 Å². The second-order valence-corrected chi connectivity index (χ2v) is 5.03. The number of carbonyl (C=O) groups is 1. The molecule has 1 amide bonds. The van der Waals surface area contributed by atoms with Crippen molar-refractivity contribution < 1.29 is 4.79 Å². The maximum absolute atomic E-state index is 11.7. The number of nitrogens with two attached hydrogens (primary N) is 1. The van der Waals surface area contributed by atoms with E-state index in [2.05, 4.69) is 20.3 Å². The lowest BCUT2D eigenvalue weighted by Gasteiger charge is -2.38. The second kappa shape index (κ2) is 4.65. The third-order valence-electron chi connectivity index (χ3n) is 3.79. The Morgan fingerprint density at radius 2 is 2.26 bits per heavy atom. The molecule has 19 heavy (non-hydrogen) atoms.